The molecule has 0 aromatic heterocycles. The van der Waals surface area contributed by atoms with Crippen molar-refractivity contribution in [2.45, 2.75) is 4.90 Å². The molecule has 2 aromatic rings. The molecule has 0 aliphatic carbocycles. The fourth-order valence-corrected chi connectivity index (χ4v) is 3.41. The van der Waals surface area contributed by atoms with E-state index in [0.29, 0.717) is 23.4 Å². The number of fused-ring (bicyclic) bond motifs is 1. The van der Waals surface area contributed by atoms with E-state index >= 15 is 0 Å². The number of hydrogen-bond acceptors (Lipinski definition) is 5. The van der Waals surface area contributed by atoms with Gasteiger partial charge in [-0.2, -0.15) is 0 Å². The third kappa shape index (κ3) is 3.36. The van der Waals surface area contributed by atoms with Gasteiger partial charge in [0.05, 0.1) is 10.5 Å². The predicted octanol–water partition coefficient (Wildman–Crippen LogP) is 2.48. The van der Waals surface area contributed by atoms with Crippen molar-refractivity contribution in [1.29, 1.82) is 0 Å². The van der Waals surface area contributed by atoms with E-state index in [1.807, 2.05) is 4.72 Å². The molecule has 24 heavy (non-hydrogen) atoms. The summed E-state index contributed by atoms with van der Waals surface area (Å²) in [6, 6.07) is 7.67. The molecule has 9 heteroatoms. The number of nitrogens with one attached hydrogen (secondary N) is 1. The standard InChI is InChI=1S/C15H11BrFNO5S/c16-9-1-3-11(12(17)7-9)15(19)18-24(20,21)10-2-4-13-14(8-10)23-6-5-22-13/h1-4,7-8H,5-6H2,(H,18,19). The van der Waals surface area contributed by atoms with Gasteiger partial charge in [0.1, 0.15) is 19.0 Å². The number of rotatable bonds is 3. The first-order valence-electron chi connectivity index (χ1n) is 6.79. The lowest BCUT2D eigenvalue weighted by Crippen LogP contribution is -2.31. The summed E-state index contributed by atoms with van der Waals surface area (Å²) in [7, 11) is -4.18. The zero-order valence-electron chi connectivity index (χ0n) is 12.1. The van der Waals surface area contributed by atoms with Gasteiger partial charge < -0.3 is 9.47 Å². The summed E-state index contributed by atoms with van der Waals surface area (Å²) >= 11 is 3.06. The van der Waals surface area contributed by atoms with E-state index in [4.69, 9.17) is 9.47 Å². The van der Waals surface area contributed by atoms with Crippen LogP contribution in [0.5, 0.6) is 11.5 Å². The fourth-order valence-electron chi connectivity index (χ4n) is 2.10. The molecule has 0 spiro atoms. The second-order valence-corrected chi connectivity index (χ2v) is 7.46. The highest BCUT2D eigenvalue weighted by Gasteiger charge is 2.23. The minimum atomic E-state index is -4.18. The molecule has 1 aliphatic rings. The Labute approximate surface area is 145 Å². The van der Waals surface area contributed by atoms with Crippen LogP contribution in [0.1, 0.15) is 10.4 Å². The largest absolute Gasteiger partial charge is 0.486 e. The molecular weight excluding hydrogens is 405 g/mol. The normalized spacial score (nSPS) is 13.4. The zero-order chi connectivity index (χ0) is 17.3. The Balaban J connectivity index is 1.87. The summed E-state index contributed by atoms with van der Waals surface area (Å²) in [6.45, 7) is 0.672. The Bertz CT molecular complexity index is 916. The van der Waals surface area contributed by atoms with E-state index in [0.717, 1.165) is 6.07 Å². The predicted molar refractivity (Wildman–Crippen MR) is 86.2 cm³/mol. The summed E-state index contributed by atoms with van der Waals surface area (Å²) in [5.41, 5.74) is -0.376. The molecule has 2 aromatic carbocycles. The monoisotopic (exact) mass is 415 g/mol. The molecule has 1 N–H and O–H groups in total. The number of halogens is 2. The van der Waals surface area contributed by atoms with Crippen LogP contribution in [0.25, 0.3) is 0 Å². The van der Waals surface area contributed by atoms with Gasteiger partial charge in [-0.15, -0.1) is 0 Å². The maximum atomic E-state index is 13.8. The molecule has 0 radical (unpaired) electrons. The Morgan fingerprint density at radius 3 is 2.50 bits per heavy atom. The van der Waals surface area contributed by atoms with E-state index in [1.54, 1.807) is 0 Å². The Morgan fingerprint density at radius 2 is 1.79 bits per heavy atom. The molecule has 0 bridgehead atoms. The molecule has 0 fully saturated rings. The van der Waals surface area contributed by atoms with Crippen molar-refractivity contribution in [1.82, 2.24) is 4.72 Å². The van der Waals surface area contributed by atoms with Crippen molar-refractivity contribution < 1.29 is 27.1 Å². The van der Waals surface area contributed by atoms with Crippen LogP contribution in [0.2, 0.25) is 0 Å². The summed E-state index contributed by atoms with van der Waals surface area (Å²) in [6.07, 6.45) is 0. The second-order valence-electron chi connectivity index (χ2n) is 4.86. The smallest absolute Gasteiger partial charge is 0.267 e. The summed E-state index contributed by atoms with van der Waals surface area (Å²) < 4.78 is 51.3. The number of sulfonamides is 1. The van der Waals surface area contributed by atoms with Gasteiger partial charge in [-0.3, -0.25) is 4.79 Å². The molecule has 1 amide bonds. The van der Waals surface area contributed by atoms with Crippen molar-refractivity contribution >= 4 is 31.9 Å². The quantitative estimate of drug-likeness (QED) is 0.832. The lowest BCUT2D eigenvalue weighted by Gasteiger charge is -2.18. The van der Waals surface area contributed by atoms with Gasteiger partial charge in [-0.25, -0.2) is 17.5 Å². The minimum Gasteiger partial charge on any atom is -0.486 e. The van der Waals surface area contributed by atoms with Gasteiger partial charge >= 0.3 is 0 Å². The maximum absolute atomic E-state index is 13.8. The van der Waals surface area contributed by atoms with Crippen LogP contribution in [0.4, 0.5) is 4.39 Å². The molecule has 1 heterocycles. The van der Waals surface area contributed by atoms with Crippen LogP contribution < -0.4 is 14.2 Å². The number of amides is 1. The van der Waals surface area contributed by atoms with Gasteiger partial charge in [-0.1, -0.05) is 15.9 Å². The van der Waals surface area contributed by atoms with Crippen molar-refractivity contribution in [3.05, 3.63) is 52.3 Å². The number of ether oxygens (including phenoxy) is 2. The SMILES string of the molecule is O=C(NS(=O)(=O)c1ccc2c(c1)OCCO2)c1ccc(Br)cc1F. The van der Waals surface area contributed by atoms with E-state index < -0.39 is 21.7 Å². The number of carbonyl (C=O) groups excluding carboxylic acids is 1. The maximum Gasteiger partial charge on any atom is 0.267 e. The highest BCUT2D eigenvalue weighted by atomic mass is 79.9. The molecule has 3 rings (SSSR count). The van der Waals surface area contributed by atoms with E-state index in [9.17, 15) is 17.6 Å². The van der Waals surface area contributed by atoms with Gasteiger partial charge in [0.2, 0.25) is 0 Å². The first-order chi connectivity index (χ1) is 11.4. The number of hydrogen-bond donors (Lipinski definition) is 1. The van der Waals surface area contributed by atoms with Crippen LogP contribution in [0.15, 0.2) is 45.8 Å². The first kappa shape index (κ1) is 16.7. The third-order valence-electron chi connectivity index (χ3n) is 3.23. The molecule has 0 atom stereocenters. The first-order valence-corrected chi connectivity index (χ1v) is 9.06. The average Bonchev–Trinajstić information content (AvgIpc) is 2.53. The number of carbonyl (C=O) groups is 1. The number of benzene rings is 2. The van der Waals surface area contributed by atoms with Gasteiger partial charge in [-0.05, 0) is 30.3 Å². The average molecular weight is 416 g/mol. The highest BCUT2D eigenvalue weighted by Crippen LogP contribution is 2.32. The third-order valence-corrected chi connectivity index (χ3v) is 5.05. The summed E-state index contributed by atoms with van der Waals surface area (Å²) in [5, 5.41) is 0. The van der Waals surface area contributed by atoms with Crippen LogP contribution >= 0.6 is 15.9 Å². The summed E-state index contributed by atoms with van der Waals surface area (Å²) in [5.74, 6) is -1.20. The van der Waals surface area contributed by atoms with Gasteiger partial charge in [0.25, 0.3) is 15.9 Å². The molecule has 0 saturated heterocycles. The Hall–Kier alpha value is -2.13. The van der Waals surface area contributed by atoms with Crippen LogP contribution in [0.3, 0.4) is 0 Å². The molecule has 126 valence electrons. The molecule has 1 aliphatic heterocycles. The van der Waals surface area contributed by atoms with Crippen molar-refractivity contribution in [3.63, 3.8) is 0 Å². The highest BCUT2D eigenvalue weighted by molar-refractivity contribution is 9.10. The lowest BCUT2D eigenvalue weighted by atomic mass is 10.2. The van der Waals surface area contributed by atoms with Crippen molar-refractivity contribution in [2.75, 3.05) is 13.2 Å². The molecule has 0 saturated carbocycles. The zero-order valence-corrected chi connectivity index (χ0v) is 14.5. The van der Waals surface area contributed by atoms with Crippen LogP contribution in [-0.4, -0.2) is 27.5 Å². The van der Waals surface area contributed by atoms with E-state index in [-0.39, 0.29) is 16.2 Å². The summed E-state index contributed by atoms with van der Waals surface area (Å²) in [4.78, 5) is 11.9. The molecule has 6 nitrogen and oxygen atoms in total. The minimum absolute atomic E-state index is 0.183. The Kier molecular flexibility index (Phi) is 4.46. The fraction of sp³-hybridized carbons (Fsp3) is 0.133. The van der Waals surface area contributed by atoms with E-state index in [1.165, 1.54) is 30.3 Å². The topological polar surface area (TPSA) is 81.7 Å². The van der Waals surface area contributed by atoms with Crippen LogP contribution in [-0.2, 0) is 10.0 Å². The second kappa shape index (κ2) is 6.40. The van der Waals surface area contributed by atoms with Crippen LogP contribution in [0, 0.1) is 5.82 Å². The molecular formula is C15H11BrFNO5S. The molecule has 0 unspecified atom stereocenters. The lowest BCUT2D eigenvalue weighted by molar-refractivity contribution is 0.0977. The van der Waals surface area contributed by atoms with Gasteiger partial charge in [0, 0.05) is 10.5 Å². The Morgan fingerprint density at radius 1 is 1.08 bits per heavy atom. The van der Waals surface area contributed by atoms with Crippen molar-refractivity contribution in [3.8, 4) is 11.5 Å². The van der Waals surface area contributed by atoms with Gasteiger partial charge in [0.15, 0.2) is 11.5 Å². The van der Waals surface area contributed by atoms with E-state index in [2.05, 4.69) is 15.9 Å². The van der Waals surface area contributed by atoms with Crippen molar-refractivity contribution in [2.24, 2.45) is 0 Å².